The average Bonchev–Trinajstić information content (AvgIpc) is 3.45. The van der Waals surface area contributed by atoms with Crippen LogP contribution in [0, 0.1) is 5.92 Å². The maximum atomic E-state index is 13.3. The summed E-state index contributed by atoms with van der Waals surface area (Å²) in [5, 5.41) is 12.4. The molecule has 0 spiro atoms. The van der Waals surface area contributed by atoms with Gasteiger partial charge in [-0.1, -0.05) is 48.5 Å². The van der Waals surface area contributed by atoms with Gasteiger partial charge in [-0.15, -0.1) is 0 Å². The summed E-state index contributed by atoms with van der Waals surface area (Å²) in [6, 6.07) is 15.3. The third kappa shape index (κ3) is 3.62. The topological polar surface area (TPSA) is 99.2 Å². The van der Waals surface area contributed by atoms with Crippen molar-refractivity contribution in [1.82, 2.24) is 15.1 Å². The lowest BCUT2D eigenvalue weighted by Crippen LogP contribution is -2.60. The molecule has 178 valence electrons. The summed E-state index contributed by atoms with van der Waals surface area (Å²) >= 11 is 0. The second kappa shape index (κ2) is 8.43. The molecule has 0 radical (unpaired) electrons. The molecule has 3 fully saturated rings. The molecule has 1 saturated carbocycles. The number of carboxylic acids is 1. The molecule has 2 heterocycles. The van der Waals surface area contributed by atoms with E-state index in [4.69, 9.17) is 4.74 Å². The first-order valence-electron chi connectivity index (χ1n) is 11.6. The molecule has 8 nitrogen and oxygen atoms in total. The maximum Gasteiger partial charge on any atom is 0.407 e. The minimum absolute atomic E-state index is 0.0813. The van der Waals surface area contributed by atoms with Gasteiger partial charge >= 0.3 is 12.1 Å². The van der Waals surface area contributed by atoms with Crippen LogP contribution >= 0.6 is 0 Å². The molecular formula is C26H29N3O5. The number of hydrogen-bond donors (Lipinski definition) is 2. The summed E-state index contributed by atoms with van der Waals surface area (Å²) in [5.41, 5.74) is 3.37. The van der Waals surface area contributed by atoms with Crippen LogP contribution in [-0.2, 0) is 14.3 Å². The van der Waals surface area contributed by atoms with E-state index in [1.165, 1.54) is 4.90 Å². The Morgan fingerprint density at radius 1 is 1.09 bits per heavy atom. The van der Waals surface area contributed by atoms with E-state index in [-0.39, 0.29) is 30.9 Å². The van der Waals surface area contributed by atoms with Gasteiger partial charge < -0.3 is 25.0 Å². The van der Waals surface area contributed by atoms with Gasteiger partial charge in [0.15, 0.2) is 0 Å². The van der Waals surface area contributed by atoms with Crippen molar-refractivity contribution in [2.75, 3.05) is 33.8 Å². The number of benzene rings is 2. The summed E-state index contributed by atoms with van der Waals surface area (Å²) in [4.78, 5) is 41.2. The minimum Gasteiger partial charge on any atom is -0.479 e. The van der Waals surface area contributed by atoms with Crippen LogP contribution in [0.2, 0.25) is 0 Å². The molecule has 2 saturated heterocycles. The monoisotopic (exact) mass is 463 g/mol. The molecule has 2 N–H and O–H groups in total. The highest BCUT2D eigenvalue weighted by Crippen LogP contribution is 2.51. The Morgan fingerprint density at radius 3 is 2.24 bits per heavy atom. The van der Waals surface area contributed by atoms with Crippen LogP contribution in [0.4, 0.5) is 4.79 Å². The number of nitrogens with zero attached hydrogens (tertiary/aromatic N) is 2. The second-order valence-electron chi connectivity index (χ2n) is 9.84. The molecule has 2 aliphatic heterocycles. The zero-order valence-corrected chi connectivity index (χ0v) is 19.4. The van der Waals surface area contributed by atoms with Crippen molar-refractivity contribution in [2.24, 2.45) is 5.92 Å². The van der Waals surface area contributed by atoms with Gasteiger partial charge in [-0.05, 0) is 55.1 Å². The van der Waals surface area contributed by atoms with Gasteiger partial charge in [-0.25, -0.2) is 9.59 Å². The standard InChI is InChI=1S/C26H29N3O5/c1-28(2)14-22(23(30)29-13-16-11-26(29,12-16)24(31)32)27-25(33)34-15-21-19-9-5-3-7-17(19)18-8-4-6-10-20(18)21/h3-10,16,21-22H,11-15H2,1-2H3,(H,27,33)(H,31,32)/t16?,22-,26?/m0/s1. The molecule has 0 unspecified atom stereocenters. The van der Waals surface area contributed by atoms with Crippen molar-refractivity contribution >= 4 is 18.0 Å². The van der Waals surface area contributed by atoms with E-state index in [1.807, 2.05) is 36.4 Å². The van der Waals surface area contributed by atoms with Crippen LogP contribution in [0.5, 0.6) is 0 Å². The van der Waals surface area contributed by atoms with E-state index in [0.29, 0.717) is 19.4 Å². The summed E-state index contributed by atoms with van der Waals surface area (Å²) in [6.45, 7) is 0.814. The van der Waals surface area contributed by atoms with Crippen molar-refractivity contribution in [3.05, 3.63) is 59.7 Å². The predicted octanol–water partition coefficient (Wildman–Crippen LogP) is 2.53. The summed E-state index contributed by atoms with van der Waals surface area (Å²) in [5.74, 6) is -1.21. The van der Waals surface area contributed by atoms with E-state index >= 15 is 0 Å². The van der Waals surface area contributed by atoms with Crippen molar-refractivity contribution in [2.45, 2.75) is 30.3 Å². The molecule has 2 aromatic rings. The smallest absolute Gasteiger partial charge is 0.407 e. The molecule has 2 aromatic carbocycles. The first kappa shape index (κ1) is 22.4. The SMILES string of the molecule is CN(C)C[C@H](NC(=O)OCC1c2ccccc2-c2ccccc21)C(=O)N1CC2CC1(C(=O)O)C2. The van der Waals surface area contributed by atoms with Gasteiger partial charge in [-0.2, -0.15) is 0 Å². The summed E-state index contributed by atoms with van der Waals surface area (Å²) in [6.07, 6.45) is 0.277. The summed E-state index contributed by atoms with van der Waals surface area (Å²) < 4.78 is 5.62. The Labute approximate surface area is 198 Å². The van der Waals surface area contributed by atoms with Crippen molar-refractivity contribution in [3.8, 4) is 11.1 Å². The van der Waals surface area contributed by atoms with Gasteiger partial charge in [0.25, 0.3) is 0 Å². The lowest BCUT2D eigenvalue weighted by Gasteiger charge is -2.39. The highest BCUT2D eigenvalue weighted by molar-refractivity contribution is 5.93. The third-order valence-corrected chi connectivity index (χ3v) is 7.36. The number of carbonyl (C=O) groups excluding carboxylic acids is 2. The van der Waals surface area contributed by atoms with Crippen LogP contribution in [0.25, 0.3) is 11.1 Å². The number of carbonyl (C=O) groups is 3. The van der Waals surface area contributed by atoms with Crippen LogP contribution in [-0.4, -0.2) is 78.2 Å². The van der Waals surface area contributed by atoms with Gasteiger partial charge in [0.2, 0.25) is 5.91 Å². The number of likely N-dealkylation sites (N-methyl/N-ethyl adjacent to an activating group) is 1. The molecule has 1 atom stereocenters. The van der Waals surface area contributed by atoms with Crippen molar-refractivity contribution in [1.29, 1.82) is 0 Å². The molecular weight excluding hydrogens is 434 g/mol. The molecule has 4 aliphatic rings. The molecule has 0 aromatic heterocycles. The number of hydrogen-bond acceptors (Lipinski definition) is 5. The zero-order valence-electron chi connectivity index (χ0n) is 19.4. The lowest BCUT2D eigenvalue weighted by molar-refractivity contribution is -0.159. The van der Waals surface area contributed by atoms with Gasteiger partial charge in [0.05, 0.1) is 0 Å². The molecule has 2 bridgehead atoms. The van der Waals surface area contributed by atoms with Crippen molar-refractivity contribution < 1.29 is 24.2 Å². The Kier molecular flexibility index (Phi) is 5.56. The number of fused-ring (bicyclic) bond motifs is 4. The Hall–Kier alpha value is -3.39. The van der Waals surface area contributed by atoms with Crippen LogP contribution < -0.4 is 5.32 Å². The van der Waals surface area contributed by atoms with E-state index in [1.54, 1.807) is 19.0 Å². The fourth-order valence-electron chi connectivity index (χ4n) is 5.79. The number of ether oxygens (including phenoxy) is 1. The average molecular weight is 464 g/mol. The maximum absolute atomic E-state index is 13.3. The second-order valence-corrected chi connectivity index (χ2v) is 9.84. The van der Waals surface area contributed by atoms with Gasteiger partial charge in [0, 0.05) is 19.0 Å². The molecule has 6 rings (SSSR count). The predicted molar refractivity (Wildman–Crippen MR) is 125 cm³/mol. The van der Waals surface area contributed by atoms with Gasteiger partial charge in [0.1, 0.15) is 18.2 Å². The van der Waals surface area contributed by atoms with Crippen LogP contribution in [0.1, 0.15) is 29.9 Å². The summed E-state index contributed by atoms with van der Waals surface area (Å²) in [7, 11) is 3.60. The van der Waals surface area contributed by atoms with E-state index in [9.17, 15) is 19.5 Å². The number of nitrogens with one attached hydrogen (secondary N) is 1. The lowest BCUT2D eigenvalue weighted by atomic mass is 9.73. The molecule has 34 heavy (non-hydrogen) atoms. The Balaban J connectivity index is 1.28. The minimum atomic E-state index is -1.13. The quantitative estimate of drug-likeness (QED) is 0.655. The number of amides is 2. The highest BCUT2D eigenvalue weighted by Gasteiger charge is 2.63. The van der Waals surface area contributed by atoms with Crippen molar-refractivity contribution in [3.63, 3.8) is 0 Å². The number of alkyl carbamates (subject to hydrolysis) is 1. The largest absolute Gasteiger partial charge is 0.479 e. The Bertz CT molecular complexity index is 1100. The van der Waals surface area contributed by atoms with E-state index in [2.05, 4.69) is 17.4 Å². The first-order valence-corrected chi connectivity index (χ1v) is 11.6. The van der Waals surface area contributed by atoms with E-state index < -0.39 is 23.6 Å². The van der Waals surface area contributed by atoms with Gasteiger partial charge in [-0.3, -0.25) is 4.79 Å². The molecule has 2 amide bonds. The zero-order chi connectivity index (χ0) is 24.0. The van der Waals surface area contributed by atoms with Crippen LogP contribution in [0.15, 0.2) is 48.5 Å². The fourth-order valence-corrected chi connectivity index (χ4v) is 5.79. The van der Waals surface area contributed by atoms with Crippen LogP contribution in [0.3, 0.4) is 0 Å². The third-order valence-electron chi connectivity index (χ3n) is 7.36. The molecule has 2 aliphatic carbocycles. The number of carboxylic acid groups (broad SMARTS) is 1. The first-order chi connectivity index (χ1) is 16.3. The normalized spacial score (nSPS) is 23.1. The van der Waals surface area contributed by atoms with E-state index in [0.717, 1.165) is 22.3 Å². The Morgan fingerprint density at radius 2 is 1.68 bits per heavy atom. The fraction of sp³-hybridized carbons (Fsp3) is 0.423. The number of rotatable bonds is 7. The number of aliphatic carboxylic acids is 1. The molecule has 8 heteroatoms. The highest BCUT2D eigenvalue weighted by atomic mass is 16.5.